The van der Waals surface area contributed by atoms with Crippen molar-refractivity contribution in [1.82, 2.24) is 0 Å². The molecule has 5 rings (SSSR count). The highest BCUT2D eigenvalue weighted by Gasteiger charge is 2.55. The first kappa shape index (κ1) is 28.8. The molecule has 1 aliphatic heterocycles. The highest BCUT2D eigenvalue weighted by Crippen LogP contribution is 2.48. The van der Waals surface area contributed by atoms with E-state index < -0.39 is 23.9 Å². The summed E-state index contributed by atoms with van der Waals surface area (Å²) in [6.45, 7) is 5.87. The summed E-state index contributed by atoms with van der Waals surface area (Å²) in [7, 11) is 0. The number of allylic oxidation sites excluding steroid dienone is 2. The van der Waals surface area contributed by atoms with Gasteiger partial charge in [0, 0.05) is 11.3 Å². The van der Waals surface area contributed by atoms with Gasteiger partial charge in [0.15, 0.2) is 0 Å². The summed E-state index contributed by atoms with van der Waals surface area (Å²) in [4.78, 5) is 28.5. The zero-order chi connectivity index (χ0) is 29.3. The summed E-state index contributed by atoms with van der Waals surface area (Å²) in [6.07, 6.45) is 3.58. The Morgan fingerprint density at radius 3 is 2.32 bits per heavy atom. The van der Waals surface area contributed by atoms with Crippen LogP contribution in [0.5, 0.6) is 5.75 Å². The van der Waals surface area contributed by atoms with Crippen LogP contribution >= 0.6 is 0 Å². The summed E-state index contributed by atoms with van der Waals surface area (Å²) in [5.74, 6) is -2.06. The van der Waals surface area contributed by atoms with Crippen molar-refractivity contribution in [3.05, 3.63) is 89.0 Å². The quantitative estimate of drug-likeness (QED) is 0.215. The van der Waals surface area contributed by atoms with Gasteiger partial charge in [-0.2, -0.15) is 0 Å². The van der Waals surface area contributed by atoms with Gasteiger partial charge in [0.2, 0.25) is 11.8 Å². The number of imide groups is 1. The number of phenols is 1. The van der Waals surface area contributed by atoms with E-state index in [1.165, 1.54) is 4.90 Å². The van der Waals surface area contributed by atoms with Crippen molar-refractivity contribution in [3.8, 4) is 5.75 Å². The molecular weight excluding hydrogens is 514 g/mol. The normalized spacial score (nSPS) is 22.1. The number of aliphatic hydroxyl groups is 2. The van der Waals surface area contributed by atoms with E-state index in [2.05, 4.69) is 13.0 Å². The molecule has 2 amide bonds. The van der Waals surface area contributed by atoms with Gasteiger partial charge >= 0.3 is 0 Å². The fraction of sp³-hybridized carbons (Fsp3) is 0.371. The van der Waals surface area contributed by atoms with Crippen LogP contribution in [0.25, 0.3) is 16.8 Å². The molecular formula is C35H39NO5. The molecule has 1 saturated heterocycles. The minimum Gasteiger partial charge on any atom is -0.507 e. The molecule has 0 saturated carbocycles. The average Bonchev–Trinajstić information content (AvgIpc) is 3.24. The summed E-state index contributed by atoms with van der Waals surface area (Å²) in [5, 5.41) is 34.3. The van der Waals surface area contributed by atoms with Crippen LogP contribution in [0.1, 0.15) is 52.0 Å². The molecule has 2 aliphatic rings. The Morgan fingerprint density at radius 1 is 0.976 bits per heavy atom. The highest BCUT2D eigenvalue weighted by molar-refractivity contribution is 6.22. The maximum Gasteiger partial charge on any atom is 0.238 e. The van der Waals surface area contributed by atoms with Gasteiger partial charge in [-0.3, -0.25) is 14.5 Å². The Kier molecular flexibility index (Phi) is 8.43. The molecule has 1 heterocycles. The summed E-state index contributed by atoms with van der Waals surface area (Å²) in [6, 6.07) is 20.3. The Hall–Kier alpha value is -3.74. The number of anilines is 1. The van der Waals surface area contributed by atoms with Gasteiger partial charge in [-0.1, -0.05) is 86.5 Å². The predicted octanol–water partition coefficient (Wildman–Crippen LogP) is 6.25. The van der Waals surface area contributed by atoms with Crippen LogP contribution in [0.15, 0.2) is 83.4 Å². The van der Waals surface area contributed by atoms with E-state index in [1.807, 2.05) is 50.2 Å². The molecule has 6 nitrogen and oxygen atoms in total. The number of rotatable bonds is 9. The number of amides is 2. The number of nitrogens with zero attached hydrogens (tertiary/aromatic N) is 1. The van der Waals surface area contributed by atoms with Crippen molar-refractivity contribution < 1.29 is 24.9 Å². The molecule has 3 aromatic carbocycles. The van der Waals surface area contributed by atoms with Crippen LogP contribution in [-0.4, -0.2) is 39.8 Å². The van der Waals surface area contributed by atoms with Gasteiger partial charge in [0.05, 0.1) is 30.2 Å². The fourth-order valence-electron chi connectivity index (χ4n) is 6.76. The van der Waals surface area contributed by atoms with Crippen molar-refractivity contribution in [2.24, 2.45) is 23.7 Å². The molecule has 0 spiro atoms. The maximum atomic E-state index is 13.7. The lowest BCUT2D eigenvalue weighted by Crippen LogP contribution is -2.39. The van der Waals surface area contributed by atoms with Crippen LogP contribution < -0.4 is 4.90 Å². The van der Waals surface area contributed by atoms with Crippen LogP contribution in [0, 0.1) is 23.7 Å². The standard InChI is InChI=1S/C35H39NO5/c1-4-22(18-23-15-17-30(38)26-13-9-8-12-25(23)26)14-16-31(39)32-27(21(2)3)19-28-33(29(32)20-37)35(41)36(34(28)40)24-10-6-5-7-11-24/h5-13,15,17-18,21,28-29,31,33,37-39H,4,14,16,19-20H2,1-3H3/b22-18+/t28-,29+,31-,33-/m1/s1. The zero-order valence-corrected chi connectivity index (χ0v) is 24.0. The molecule has 0 unspecified atom stereocenters. The SMILES string of the molecule is CC/C(=C\c1ccc(O)c2ccccc12)CC[C@@H](O)C1=C(C(C)C)C[C@H]2C(=O)N(c3ccccc3)C(=O)[C@H]2[C@H]1CO. The molecule has 214 valence electrons. The molecule has 0 aromatic heterocycles. The first-order valence-corrected chi connectivity index (χ1v) is 14.6. The van der Waals surface area contributed by atoms with E-state index >= 15 is 0 Å². The lowest BCUT2D eigenvalue weighted by atomic mass is 9.66. The van der Waals surface area contributed by atoms with Crippen LogP contribution in [0.3, 0.4) is 0 Å². The average molecular weight is 554 g/mol. The van der Waals surface area contributed by atoms with Crippen molar-refractivity contribution >= 4 is 34.4 Å². The first-order valence-electron chi connectivity index (χ1n) is 14.6. The maximum absolute atomic E-state index is 13.7. The monoisotopic (exact) mass is 553 g/mol. The third kappa shape index (κ3) is 5.34. The van der Waals surface area contributed by atoms with Gasteiger partial charge in [0.1, 0.15) is 5.75 Å². The van der Waals surface area contributed by atoms with Crippen molar-refractivity contribution in [2.45, 2.75) is 52.6 Å². The Morgan fingerprint density at radius 2 is 1.66 bits per heavy atom. The Labute approximate surface area is 241 Å². The largest absolute Gasteiger partial charge is 0.507 e. The van der Waals surface area contributed by atoms with E-state index in [4.69, 9.17) is 0 Å². The number of benzene rings is 3. The van der Waals surface area contributed by atoms with Crippen molar-refractivity contribution in [3.63, 3.8) is 0 Å². The van der Waals surface area contributed by atoms with Gasteiger partial charge in [-0.25, -0.2) is 0 Å². The smallest absolute Gasteiger partial charge is 0.238 e. The minimum atomic E-state index is -0.842. The number of fused-ring (bicyclic) bond motifs is 2. The zero-order valence-electron chi connectivity index (χ0n) is 24.0. The molecule has 1 fully saturated rings. The fourth-order valence-corrected chi connectivity index (χ4v) is 6.76. The number of carbonyl (C=O) groups is 2. The predicted molar refractivity (Wildman–Crippen MR) is 162 cm³/mol. The molecule has 3 aromatic rings. The lowest BCUT2D eigenvalue weighted by Gasteiger charge is -2.38. The van der Waals surface area contributed by atoms with Crippen molar-refractivity contribution in [2.75, 3.05) is 11.5 Å². The number of carbonyl (C=O) groups excluding carboxylic acids is 2. The second kappa shape index (κ2) is 12.0. The molecule has 0 radical (unpaired) electrons. The van der Waals surface area contributed by atoms with Gasteiger partial charge < -0.3 is 15.3 Å². The summed E-state index contributed by atoms with van der Waals surface area (Å²) < 4.78 is 0. The summed E-state index contributed by atoms with van der Waals surface area (Å²) in [5.41, 5.74) is 4.41. The lowest BCUT2D eigenvalue weighted by molar-refractivity contribution is -0.123. The molecule has 0 bridgehead atoms. The molecule has 6 heteroatoms. The van der Waals surface area contributed by atoms with E-state index in [9.17, 15) is 24.9 Å². The van der Waals surface area contributed by atoms with Crippen LogP contribution in [0.2, 0.25) is 0 Å². The molecule has 41 heavy (non-hydrogen) atoms. The Balaban J connectivity index is 1.42. The highest BCUT2D eigenvalue weighted by atomic mass is 16.3. The van der Waals surface area contributed by atoms with E-state index in [0.29, 0.717) is 24.9 Å². The van der Waals surface area contributed by atoms with Gasteiger partial charge in [0.25, 0.3) is 0 Å². The third-order valence-corrected chi connectivity index (χ3v) is 8.87. The minimum absolute atomic E-state index is 0.0628. The number of para-hydroxylation sites is 1. The number of phenolic OH excluding ortho intramolecular Hbond substituents is 1. The number of hydrogen-bond acceptors (Lipinski definition) is 5. The van der Waals surface area contributed by atoms with Crippen LogP contribution in [0.4, 0.5) is 5.69 Å². The van der Waals surface area contributed by atoms with Crippen LogP contribution in [-0.2, 0) is 9.59 Å². The third-order valence-electron chi connectivity index (χ3n) is 8.87. The second-order valence-corrected chi connectivity index (χ2v) is 11.5. The Bertz CT molecular complexity index is 1510. The molecule has 3 N–H and O–H groups in total. The molecule has 1 aliphatic carbocycles. The number of hydrogen-bond donors (Lipinski definition) is 3. The first-order chi connectivity index (χ1) is 19.8. The summed E-state index contributed by atoms with van der Waals surface area (Å²) >= 11 is 0. The second-order valence-electron chi connectivity index (χ2n) is 11.5. The van der Waals surface area contributed by atoms with E-state index in [-0.39, 0.29) is 30.1 Å². The number of aliphatic hydroxyl groups excluding tert-OH is 2. The van der Waals surface area contributed by atoms with Gasteiger partial charge in [-0.05, 0) is 66.3 Å². The van der Waals surface area contributed by atoms with E-state index in [1.54, 1.807) is 30.3 Å². The number of aromatic hydroxyl groups is 1. The van der Waals surface area contributed by atoms with E-state index in [0.717, 1.165) is 39.5 Å². The van der Waals surface area contributed by atoms with Crippen molar-refractivity contribution in [1.29, 1.82) is 0 Å². The van der Waals surface area contributed by atoms with Gasteiger partial charge in [-0.15, -0.1) is 0 Å². The topological polar surface area (TPSA) is 98.1 Å². The molecule has 4 atom stereocenters.